The van der Waals surface area contributed by atoms with E-state index < -0.39 is 0 Å². The lowest BCUT2D eigenvalue weighted by molar-refractivity contribution is 1.05. The van der Waals surface area contributed by atoms with Crippen molar-refractivity contribution in [2.45, 2.75) is 18.8 Å². The maximum absolute atomic E-state index is 6.10. The van der Waals surface area contributed by atoms with Gasteiger partial charge in [0.1, 0.15) is 5.82 Å². The minimum atomic E-state index is 0.703. The summed E-state index contributed by atoms with van der Waals surface area (Å²) in [5.41, 5.74) is 2.22. The van der Waals surface area contributed by atoms with Gasteiger partial charge in [0.2, 0.25) is 0 Å². The van der Waals surface area contributed by atoms with Crippen molar-refractivity contribution in [3.63, 3.8) is 0 Å². The molecule has 0 unspecified atom stereocenters. The largest absolute Gasteiger partial charge is 0.342 e. The smallest absolute Gasteiger partial charge is 0.138 e. The molecule has 0 aliphatic heterocycles. The highest BCUT2D eigenvalue weighted by atomic mass is 35.5. The Morgan fingerprint density at radius 1 is 1.27 bits per heavy atom. The van der Waals surface area contributed by atoms with Gasteiger partial charge in [-0.25, -0.2) is 4.98 Å². The third-order valence-electron chi connectivity index (χ3n) is 2.74. The second-order valence-electron chi connectivity index (χ2n) is 3.94. The van der Waals surface area contributed by atoms with Crippen LogP contribution < -0.4 is 0 Å². The van der Waals surface area contributed by atoms with Gasteiger partial charge in [-0.2, -0.15) is 0 Å². The molecule has 3 heteroatoms. The second-order valence-corrected chi connectivity index (χ2v) is 4.35. The number of benzene rings is 1. The Labute approximate surface area is 93.3 Å². The Hall–Kier alpha value is -1.28. The van der Waals surface area contributed by atoms with Crippen LogP contribution in [0.2, 0.25) is 5.02 Å². The summed E-state index contributed by atoms with van der Waals surface area (Å²) in [6.45, 7) is 0. The zero-order valence-corrected chi connectivity index (χ0v) is 8.96. The monoisotopic (exact) mass is 218 g/mol. The maximum atomic E-state index is 6.10. The first-order chi connectivity index (χ1) is 7.34. The summed E-state index contributed by atoms with van der Waals surface area (Å²) < 4.78 is 0. The number of aromatic nitrogens is 2. The Bertz CT molecular complexity index is 486. The summed E-state index contributed by atoms with van der Waals surface area (Å²) in [4.78, 5) is 7.71. The van der Waals surface area contributed by atoms with Gasteiger partial charge in [0.15, 0.2) is 0 Å². The quantitative estimate of drug-likeness (QED) is 0.820. The lowest BCUT2D eigenvalue weighted by atomic mass is 10.2. The van der Waals surface area contributed by atoms with Crippen molar-refractivity contribution in [1.82, 2.24) is 9.97 Å². The molecule has 1 aromatic carbocycles. The van der Waals surface area contributed by atoms with Crippen molar-refractivity contribution < 1.29 is 0 Å². The second kappa shape index (κ2) is 3.38. The molecular formula is C12H11ClN2. The number of hydrogen-bond acceptors (Lipinski definition) is 1. The molecule has 2 nitrogen and oxygen atoms in total. The van der Waals surface area contributed by atoms with Crippen molar-refractivity contribution >= 4 is 11.6 Å². The van der Waals surface area contributed by atoms with Gasteiger partial charge in [-0.05, 0) is 25.0 Å². The molecule has 0 bridgehead atoms. The third-order valence-corrected chi connectivity index (χ3v) is 3.07. The Balaban J connectivity index is 2.01. The predicted octanol–water partition coefficient (Wildman–Crippen LogP) is 3.61. The number of nitrogens with one attached hydrogen (secondary N) is 1. The van der Waals surface area contributed by atoms with Crippen LogP contribution in [0.25, 0.3) is 11.4 Å². The number of H-pyrrole nitrogens is 1. The first-order valence-corrected chi connectivity index (χ1v) is 5.52. The molecule has 1 aliphatic rings. The van der Waals surface area contributed by atoms with E-state index in [0.29, 0.717) is 5.92 Å². The van der Waals surface area contributed by atoms with E-state index >= 15 is 0 Å². The van der Waals surface area contributed by atoms with Crippen LogP contribution in [0.5, 0.6) is 0 Å². The Kier molecular flexibility index (Phi) is 2.03. The first-order valence-electron chi connectivity index (χ1n) is 5.14. The van der Waals surface area contributed by atoms with E-state index in [1.54, 1.807) is 0 Å². The fraction of sp³-hybridized carbons (Fsp3) is 0.250. The molecule has 0 saturated heterocycles. The highest BCUT2D eigenvalue weighted by Gasteiger charge is 2.25. The highest BCUT2D eigenvalue weighted by Crippen LogP contribution is 2.39. The summed E-state index contributed by atoms with van der Waals surface area (Å²) in [7, 11) is 0. The summed E-state index contributed by atoms with van der Waals surface area (Å²) in [5.74, 6) is 1.58. The van der Waals surface area contributed by atoms with E-state index in [2.05, 4.69) is 9.97 Å². The fourth-order valence-corrected chi connectivity index (χ4v) is 1.95. The van der Waals surface area contributed by atoms with E-state index in [1.165, 1.54) is 18.5 Å². The summed E-state index contributed by atoms with van der Waals surface area (Å²) >= 11 is 6.10. The number of halogens is 1. The molecule has 1 fully saturated rings. The van der Waals surface area contributed by atoms with Gasteiger partial charge in [0.25, 0.3) is 0 Å². The van der Waals surface area contributed by atoms with Gasteiger partial charge in [-0.1, -0.05) is 23.7 Å². The highest BCUT2D eigenvalue weighted by molar-refractivity contribution is 6.33. The average molecular weight is 219 g/mol. The van der Waals surface area contributed by atoms with Crippen LogP contribution in [0.3, 0.4) is 0 Å². The van der Waals surface area contributed by atoms with Crippen LogP contribution in [0.1, 0.15) is 24.5 Å². The summed E-state index contributed by atoms with van der Waals surface area (Å²) in [6.07, 6.45) is 4.49. The van der Waals surface area contributed by atoms with Gasteiger partial charge in [-0.3, -0.25) is 0 Å². The van der Waals surface area contributed by atoms with Crippen molar-refractivity contribution in [3.05, 3.63) is 41.2 Å². The van der Waals surface area contributed by atoms with Crippen molar-refractivity contribution in [1.29, 1.82) is 0 Å². The molecule has 15 heavy (non-hydrogen) atoms. The van der Waals surface area contributed by atoms with Crippen molar-refractivity contribution in [2.75, 3.05) is 0 Å². The molecule has 0 radical (unpaired) electrons. The van der Waals surface area contributed by atoms with E-state index in [1.807, 2.05) is 30.5 Å². The number of aromatic amines is 1. The zero-order chi connectivity index (χ0) is 10.3. The Morgan fingerprint density at radius 3 is 2.80 bits per heavy atom. The molecule has 1 saturated carbocycles. The molecule has 1 aromatic heterocycles. The summed E-state index contributed by atoms with van der Waals surface area (Å²) in [5, 5.41) is 0.745. The van der Waals surface area contributed by atoms with Gasteiger partial charge in [0.05, 0.1) is 5.02 Å². The van der Waals surface area contributed by atoms with E-state index in [0.717, 1.165) is 16.4 Å². The molecule has 3 rings (SSSR count). The van der Waals surface area contributed by atoms with Crippen molar-refractivity contribution in [3.8, 4) is 11.4 Å². The zero-order valence-electron chi connectivity index (χ0n) is 8.20. The maximum Gasteiger partial charge on any atom is 0.138 e. The average Bonchev–Trinajstić information content (AvgIpc) is 2.99. The number of rotatable bonds is 2. The molecule has 2 aromatic rings. The van der Waals surface area contributed by atoms with Crippen LogP contribution >= 0.6 is 11.6 Å². The normalized spacial score (nSPS) is 15.5. The molecule has 0 atom stereocenters. The summed E-state index contributed by atoms with van der Waals surface area (Å²) in [6, 6.07) is 7.77. The van der Waals surface area contributed by atoms with Gasteiger partial charge < -0.3 is 4.98 Å². The topological polar surface area (TPSA) is 28.7 Å². The van der Waals surface area contributed by atoms with E-state index in [-0.39, 0.29) is 0 Å². The minimum Gasteiger partial charge on any atom is -0.342 e. The van der Waals surface area contributed by atoms with Crippen LogP contribution in [-0.2, 0) is 0 Å². The van der Waals surface area contributed by atoms with E-state index in [9.17, 15) is 0 Å². The lowest BCUT2D eigenvalue weighted by Crippen LogP contribution is -1.82. The standard InChI is InChI=1S/C12H11ClN2/c13-10-4-2-1-3-9(10)12-14-7-11(15-12)8-5-6-8/h1-4,7-8H,5-6H2,(H,14,15). The number of hydrogen-bond donors (Lipinski definition) is 1. The van der Waals surface area contributed by atoms with Crippen LogP contribution in [0.15, 0.2) is 30.5 Å². The third kappa shape index (κ3) is 1.65. The van der Waals surface area contributed by atoms with Gasteiger partial charge >= 0.3 is 0 Å². The Morgan fingerprint density at radius 2 is 2.07 bits per heavy atom. The number of imidazole rings is 1. The fourth-order valence-electron chi connectivity index (χ4n) is 1.73. The SMILES string of the molecule is Clc1ccccc1-c1ncc(C2CC2)[nH]1. The van der Waals surface area contributed by atoms with E-state index in [4.69, 9.17) is 11.6 Å². The van der Waals surface area contributed by atoms with Crippen LogP contribution in [-0.4, -0.2) is 9.97 Å². The van der Waals surface area contributed by atoms with Crippen LogP contribution in [0, 0.1) is 0 Å². The molecule has 1 N–H and O–H groups in total. The van der Waals surface area contributed by atoms with Crippen molar-refractivity contribution in [2.24, 2.45) is 0 Å². The lowest BCUT2D eigenvalue weighted by Gasteiger charge is -1.99. The van der Waals surface area contributed by atoms with Crippen LogP contribution in [0.4, 0.5) is 0 Å². The molecule has 0 amide bonds. The molecule has 1 aliphatic carbocycles. The molecular weight excluding hydrogens is 208 g/mol. The minimum absolute atomic E-state index is 0.703. The molecule has 0 spiro atoms. The number of nitrogens with zero attached hydrogens (tertiary/aromatic N) is 1. The predicted molar refractivity (Wildman–Crippen MR) is 61.0 cm³/mol. The van der Waals surface area contributed by atoms with Gasteiger partial charge in [-0.15, -0.1) is 0 Å². The van der Waals surface area contributed by atoms with Gasteiger partial charge in [0, 0.05) is 23.4 Å². The first kappa shape index (κ1) is 8.98. The molecule has 1 heterocycles. The molecule has 76 valence electrons.